The topological polar surface area (TPSA) is 29.5 Å². The van der Waals surface area contributed by atoms with Gasteiger partial charge in [0.2, 0.25) is 0 Å². The number of carbonyl (C=O) groups is 1. The van der Waals surface area contributed by atoms with Gasteiger partial charge < -0.3 is 0 Å². The molecular weight excluding hydrogens is 314 g/mol. The molecule has 1 aliphatic rings. The Hall–Kier alpha value is -1.37. The van der Waals surface area contributed by atoms with Crippen molar-refractivity contribution in [3.05, 3.63) is 41.5 Å². The van der Waals surface area contributed by atoms with Crippen LogP contribution in [0.25, 0.3) is 5.57 Å². The van der Waals surface area contributed by atoms with Gasteiger partial charge in [-0.1, -0.05) is 0 Å². The fourth-order valence-electron chi connectivity index (χ4n) is 2.55. The number of likely N-dealkylation sites (N-methyl/N-ethyl adjacent to an activating group) is 1. The summed E-state index contributed by atoms with van der Waals surface area (Å²) in [6.45, 7) is 5.63. The molecule has 1 aromatic carbocycles. The van der Waals surface area contributed by atoms with Crippen LogP contribution in [0.15, 0.2) is 35.9 Å². The van der Waals surface area contributed by atoms with E-state index in [1.165, 1.54) is 16.7 Å². The molecule has 3 nitrogen and oxygen atoms in total. The van der Waals surface area contributed by atoms with Crippen LogP contribution in [0.4, 0.5) is 4.79 Å². The van der Waals surface area contributed by atoms with Gasteiger partial charge >= 0.3 is 141 Å². The molecule has 0 spiro atoms. The first kappa shape index (κ1) is 17.0. The van der Waals surface area contributed by atoms with Crippen LogP contribution in [0, 0.1) is 0 Å². The molecule has 0 unspecified atom stereocenters. The Balaban J connectivity index is 2.22. The number of hydrogen-bond acceptors (Lipinski definition) is 2. The van der Waals surface area contributed by atoms with E-state index in [0.717, 1.165) is 23.8 Å². The zero-order chi connectivity index (χ0) is 16.3. The molecule has 2 rings (SSSR count). The zero-order valence-electron chi connectivity index (χ0n) is 13.7. The molecule has 0 aromatic heterocycles. The van der Waals surface area contributed by atoms with E-state index in [4.69, 9.17) is 4.74 Å². The number of amides is 1. The van der Waals surface area contributed by atoms with Crippen LogP contribution in [-0.4, -0.2) is 28.1 Å². The zero-order valence-corrected chi connectivity index (χ0v) is 15.0. The average molecular weight is 337 g/mol. The molecule has 0 saturated heterocycles. The first-order valence-electron chi connectivity index (χ1n) is 7.58. The van der Waals surface area contributed by atoms with E-state index in [9.17, 15) is 4.79 Å². The van der Waals surface area contributed by atoms with Gasteiger partial charge in [0.05, 0.1) is 0 Å². The van der Waals surface area contributed by atoms with Crippen molar-refractivity contribution in [2.45, 2.75) is 45.6 Å². The normalized spacial score (nSPS) is 14.9. The van der Waals surface area contributed by atoms with Gasteiger partial charge in [0, 0.05) is 0 Å². The third kappa shape index (κ3) is 4.09. The Morgan fingerprint density at radius 1 is 1.18 bits per heavy atom. The number of hydrogen-bond donors (Lipinski definition) is 0. The molecule has 118 valence electrons. The molecule has 0 atom stereocenters. The fraction of sp³-hybridized carbons (Fsp3) is 0.444. The first-order valence-corrected chi connectivity index (χ1v) is 8.22. The molecule has 22 heavy (non-hydrogen) atoms. The van der Waals surface area contributed by atoms with Crippen LogP contribution in [0.3, 0.4) is 0 Å². The van der Waals surface area contributed by atoms with E-state index >= 15 is 0 Å². The number of allylic oxidation sites excluding steroid dienone is 1. The second-order valence-corrected chi connectivity index (χ2v) is 7.13. The maximum atomic E-state index is 12.2. The van der Waals surface area contributed by atoms with Gasteiger partial charge in [0.25, 0.3) is 0 Å². The average Bonchev–Trinajstić information content (AvgIpc) is 2.94. The van der Waals surface area contributed by atoms with Crippen molar-refractivity contribution in [2.24, 2.45) is 0 Å². The quantitative estimate of drug-likeness (QED) is 0.828. The molecule has 0 N–H and O–H groups in total. The van der Waals surface area contributed by atoms with Crippen molar-refractivity contribution in [3.63, 3.8) is 0 Å². The summed E-state index contributed by atoms with van der Waals surface area (Å²) in [6.07, 6.45) is 2.83. The summed E-state index contributed by atoms with van der Waals surface area (Å²) in [7, 11) is 1.76. The van der Waals surface area contributed by atoms with Crippen molar-refractivity contribution >= 4 is 16.2 Å². The predicted molar refractivity (Wildman–Crippen MR) is 86.2 cm³/mol. The van der Waals surface area contributed by atoms with Crippen LogP contribution in [0.5, 0.6) is 0 Å². The molecule has 0 bridgehead atoms. The van der Waals surface area contributed by atoms with Gasteiger partial charge in [-0.15, -0.1) is 0 Å². The molecule has 0 saturated carbocycles. The molecule has 1 amide bonds. The second-order valence-electron chi connectivity index (χ2n) is 6.52. The summed E-state index contributed by atoms with van der Waals surface area (Å²) >= 11 is 3.07. The van der Waals surface area contributed by atoms with Crippen molar-refractivity contribution in [3.8, 4) is 0 Å². The summed E-state index contributed by atoms with van der Waals surface area (Å²) in [5.74, 6) is 0. The second kappa shape index (κ2) is 6.81. The molecule has 1 aliphatic carbocycles. The Morgan fingerprint density at radius 3 is 2.41 bits per heavy atom. The van der Waals surface area contributed by atoms with E-state index in [0.29, 0.717) is 0 Å². The SMILES string of the molecule is CN(C(=O)OC(C)(C)C)[C](=[Cr])C1=C(c2ccccc2)CCC1. The van der Waals surface area contributed by atoms with Crippen LogP contribution < -0.4 is 0 Å². The summed E-state index contributed by atoms with van der Waals surface area (Å²) in [6, 6.07) is 10.4. The Bertz CT molecular complexity index is 599. The number of benzene rings is 1. The minimum absolute atomic E-state index is 0.326. The Kier molecular flexibility index (Phi) is 5.26. The minimum atomic E-state index is -0.488. The van der Waals surface area contributed by atoms with Gasteiger partial charge in [-0.25, -0.2) is 0 Å². The van der Waals surface area contributed by atoms with Crippen LogP contribution >= 0.6 is 0 Å². The van der Waals surface area contributed by atoms with Crippen molar-refractivity contribution in [2.75, 3.05) is 7.05 Å². The van der Waals surface area contributed by atoms with Gasteiger partial charge in [0.15, 0.2) is 0 Å². The third-order valence-electron chi connectivity index (χ3n) is 3.57. The summed E-state index contributed by atoms with van der Waals surface area (Å²) in [5, 5.41) is 0. The van der Waals surface area contributed by atoms with Crippen molar-refractivity contribution in [1.82, 2.24) is 4.90 Å². The van der Waals surface area contributed by atoms with Crippen molar-refractivity contribution in [1.29, 1.82) is 0 Å². The number of carbonyl (C=O) groups excluding carboxylic acids is 1. The van der Waals surface area contributed by atoms with Gasteiger partial charge in [-0.05, 0) is 0 Å². The molecular formula is C18H23CrNO2. The predicted octanol–water partition coefficient (Wildman–Crippen LogP) is 4.17. The summed E-state index contributed by atoms with van der Waals surface area (Å²) in [4.78, 5) is 13.8. The molecule has 0 aliphatic heterocycles. The molecule has 0 heterocycles. The number of nitrogens with zero attached hydrogens (tertiary/aromatic N) is 1. The van der Waals surface area contributed by atoms with Crippen molar-refractivity contribution < 1.29 is 25.4 Å². The van der Waals surface area contributed by atoms with Gasteiger partial charge in [-0.3, -0.25) is 0 Å². The van der Waals surface area contributed by atoms with E-state index in [1.807, 2.05) is 26.8 Å². The van der Waals surface area contributed by atoms with Gasteiger partial charge in [0.1, 0.15) is 0 Å². The third-order valence-corrected chi connectivity index (χ3v) is 4.38. The Labute approximate surface area is 140 Å². The van der Waals surface area contributed by atoms with E-state index in [2.05, 4.69) is 40.1 Å². The monoisotopic (exact) mass is 337 g/mol. The van der Waals surface area contributed by atoms with Gasteiger partial charge in [-0.2, -0.15) is 0 Å². The van der Waals surface area contributed by atoms with Crippen LogP contribution in [-0.2, 0) is 20.6 Å². The van der Waals surface area contributed by atoms with E-state index in [1.54, 1.807) is 11.9 Å². The molecule has 4 heteroatoms. The summed E-state index contributed by atoms with van der Waals surface area (Å²) in [5.41, 5.74) is 3.29. The molecule has 0 fully saturated rings. The molecule has 1 aromatic rings. The fourth-order valence-corrected chi connectivity index (χ4v) is 3.02. The first-order chi connectivity index (χ1) is 10.3. The summed E-state index contributed by atoms with van der Waals surface area (Å²) < 4.78 is 6.31. The Morgan fingerprint density at radius 2 is 1.82 bits per heavy atom. The molecule has 0 radical (unpaired) electrons. The number of rotatable bonds is 3. The number of ether oxygens (including phenoxy) is 1. The van der Waals surface area contributed by atoms with Crippen LogP contribution in [0.1, 0.15) is 45.6 Å². The standard InChI is InChI=1S/C18H23NO2.Cr/c1-18(2,3)21-17(20)19(4)13-15-11-8-12-16(15)14-9-6-5-7-10-14;/h5-7,9-10H,8,11-12H2,1-4H3;. The maximum absolute atomic E-state index is 12.2. The van der Waals surface area contributed by atoms with Crippen LogP contribution in [0.2, 0.25) is 0 Å². The van der Waals surface area contributed by atoms with E-state index < -0.39 is 5.60 Å². The van der Waals surface area contributed by atoms with E-state index in [-0.39, 0.29) is 6.09 Å².